The summed E-state index contributed by atoms with van der Waals surface area (Å²) in [5.41, 5.74) is 2.31. The highest BCUT2D eigenvalue weighted by Gasteiger charge is 2.16. The van der Waals surface area contributed by atoms with E-state index in [9.17, 15) is 9.59 Å². The number of aromatic nitrogens is 1. The second kappa shape index (κ2) is 9.94. The number of hydrogen-bond acceptors (Lipinski definition) is 4. The number of carbonyl (C=O) groups excluding carboxylic acids is 2. The van der Waals surface area contributed by atoms with E-state index in [2.05, 4.69) is 15.6 Å². The standard InChI is InChI=1S/C22H17Cl2N5O2/c1-29(22(31)27-17-6-2-4-14(10-17)12-25)13-16-5-3-7-18(23)20(16)28-21(30)15-8-9-26-19(24)11-15/h2-11H,13H2,1H3,(H,27,31)(H,28,30). The molecule has 0 radical (unpaired) electrons. The van der Waals surface area contributed by atoms with E-state index in [1.54, 1.807) is 49.5 Å². The topological polar surface area (TPSA) is 98.1 Å². The number of amides is 3. The van der Waals surface area contributed by atoms with Crippen LogP contribution >= 0.6 is 23.2 Å². The summed E-state index contributed by atoms with van der Waals surface area (Å²) in [5.74, 6) is -0.404. The van der Waals surface area contributed by atoms with Gasteiger partial charge in [-0.3, -0.25) is 4.79 Å². The molecule has 2 N–H and O–H groups in total. The van der Waals surface area contributed by atoms with Crippen LogP contribution in [0.25, 0.3) is 0 Å². The minimum absolute atomic E-state index is 0.178. The molecule has 2 aromatic carbocycles. The van der Waals surface area contributed by atoms with Crippen LogP contribution in [0.1, 0.15) is 21.5 Å². The Kier molecular flexibility index (Phi) is 7.08. The van der Waals surface area contributed by atoms with Crippen LogP contribution in [0.2, 0.25) is 10.2 Å². The van der Waals surface area contributed by atoms with Gasteiger partial charge >= 0.3 is 6.03 Å². The van der Waals surface area contributed by atoms with Crippen molar-refractivity contribution in [3.8, 4) is 6.07 Å². The van der Waals surface area contributed by atoms with Crippen LogP contribution < -0.4 is 10.6 Å². The van der Waals surface area contributed by atoms with Crippen molar-refractivity contribution in [1.29, 1.82) is 5.26 Å². The molecule has 0 saturated heterocycles. The smallest absolute Gasteiger partial charge is 0.321 e. The van der Waals surface area contributed by atoms with Crippen molar-refractivity contribution in [3.05, 3.63) is 87.7 Å². The van der Waals surface area contributed by atoms with Crippen molar-refractivity contribution in [2.45, 2.75) is 6.54 Å². The van der Waals surface area contributed by atoms with Gasteiger partial charge in [-0.05, 0) is 42.0 Å². The Morgan fingerprint density at radius 3 is 2.61 bits per heavy atom. The van der Waals surface area contributed by atoms with Crippen molar-refractivity contribution in [2.24, 2.45) is 0 Å². The maximum atomic E-state index is 12.6. The van der Waals surface area contributed by atoms with Gasteiger partial charge in [-0.2, -0.15) is 5.26 Å². The molecule has 0 saturated carbocycles. The third-order valence-corrected chi connectivity index (χ3v) is 4.85. The fourth-order valence-electron chi connectivity index (χ4n) is 2.78. The molecule has 1 heterocycles. The van der Waals surface area contributed by atoms with Gasteiger partial charge in [0.15, 0.2) is 0 Å². The first-order chi connectivity index (χ1) is 14.9. The molecule has 3 rings (SSSR count). The van der Waals surface area contributed by atoms with E-state index >= 15 is 0 Å². The minimum Gasteiger partial charge on any atom is -0.323 e. The predicted molar refractivity (Wildman–Crippen MR) is 120 cm³/mol. The molecule has 3 amide bonds. The number of urea groups is 1. The first-order valence-corrected chi connectivity index (χ1v) is 9.85. The lowest BCUT2D eigenvalue weighted by Crippen LogP contribution is -2.31. The maximum absolute atomic E-state index is 12.6. The van der Waals surface area contributed by atoms with Crippen LogP contribution in [-0.2, 0) is 6.54 Å². The highest BCUT2D eigenvalue weighted by molar-refractivity contribution is 6.34. The van der Waals surface area contributed by atoms with Gasteiger partial charge in [0.1, 0.15) is 5.15 Å². The largest absolute Gasteiger partial charge is 0.323 e. The quantitative estimate of drug-likeness (QED) is 0.520. The molecular weight excluding hydrogens is 437 g/mol. The molecule has 7 nitrogen and oxygen atoms in total. The number of benzene rings is 2. The Morgan fingerprint density at radius 1 is 1.10 bits per heavy atom. The molecule has 0 aliphatic rings. The van der Waals surface area contributed by atoms with Crippen LogP contribution in [0.15, 0.2) is 60.8 Å². The lowest BCUT2D eigenvalue weighted by Gasteiger charge is -2.21. The van der Waals surface area contributed by atoms with Crippen LogP contribution in [0.3, 0.4) is 0 Å². The van der Waals surface area contributed by atoms with Crippen LogP contribution in [0, 0.1) is 11.3 Å². The van der Waals surface area contributed by atoms with Gasteiger partial charge in [-0.1, -0.05) is 41.4 Å². The van der Waals surface area contributed by atoms with E-state index in [-0.39, 0.29) is 17.7 Å². The molecule has 0 bridgehead atoms. The molecular formula is C22H17Cl2N5O2. The van der Waals surface area contributed by atoms with Crippen LogP contribution in [-0.4, -0.2) is 28.9 Å². The third kappa shape index (κ3) is 5.72. The zero-order valence-corrected chi connectivity index (χ0v) is 17.9. The Hall–Kier alpha value is -3.60. The number of rotatable bonds is 5. The number of nitrogens with zero attached hydrogens (tertiary/aromatic N) is 3. The Morgan fingerprint density at radius 2 is 1.87 bits per heavy atom. The van der Waals surface area contributed by atoms with E-state index < -0.39 is 5.91 Å². The molecule has 3 aromatic rings. The molecule has 31 heavy (non-hydrogen) atoms. The van der Waals surface area contributed by atoms with Gasteiger partial charge in [-0.25, -0.2) is 9.78 Å². The summed E-state index contributed by atoms with van der Waals surface area (Å²) in [5, 5.41) is 15.0. The van der Waals surface area contributed by atoms with E-state index in [4.69, 9.17) is 28.5 Å². The molecule has 0 fully saturated rings. The lowest BCUT2D eigenvalue weighted by atomic mass is 10.1. The second-order valence-corrected chi connectivity index (χ2v) is 7.37. The highest BCUT2D eigenvalue weighted by atomic mass is 35.5. The summed E-state index contributed by atoms with van der Waals surface area (Å²) in [6.07, 6.45) is 1.43. The van der Waals surface area contributed by atoms with E-state index in [1.165, 1.54) is 23.2 Å². The second-order valence-electron chi connectivity index (χ2n) is 6.57. The van der Waals surface area contributed by atoms with Crippen molar-refractivity contribution < 1.29 is 9.59 Å². The monoisotopic (exact) mass is 453 g/mol. The summed E-state index contributed by atoms with van der Waals surface area (Å²) in [6, 6.07) is 16.4. The first-order valence-electron chi connectivity index (χ1n) is 9.10. The molecule has 156 valence electrons. The predicted octanol–water partition coefficient (Wildman–Crippen LogP) is 5.18. The maximum Gasteiger partial charge on any atom is 0.321 e. The average Bonchev–Trinajstić information content (AvgIpc) is 2.76. The Bertz CT molecular complexity index is 1180. The molecule has 0 aliphatic carbocycles. The fourth-order valence-corrected chi connectivity index (χ4v) is 3.20. The van der Waals surface area contributed by atoms with Gasteiger partial charge in [0.2, 0.25) is 0 Å². The first kappa shape index (κ1) is 22.1. The summed E-state index contributed by atoms with van der Waals surface area (Å²) in [4.78, 5) is 30.5. The van der Waals surface area contributed by atoms with Gasteiger partial charge in [-0.15, -0.1) is 0 Å². The van der Waals surface area contributed by atoms with Crippen molar-refractivity contribution >= 4 is 46.5 Å². The fraction of sp³-hybridized carbons (Fsp3) is 0.0909. The van der Waals surface area contributed by atoms with Crippen LogP contribution in [0.4, 0.5) is 16.2 Å². The number of pyridine rings is 1. The third-order valence-electron chi connectivity index (χ3n) is 4.32. The normalized spacial score (nSPS) is 10.1. The summed E-state index contributed by atoms with van der Waals surface area (Å²) >= 11 is 12.2. The lowest BCUT2D eigenvalue weighted by molar-refractivity contribution is 0.102. The number of carbonyl (C=O) groups is 2. The number of nitrogens with one attached hydrogen (secondary N) is 2. The number of anilines is 2. The van der Waals surface area contributed by atoms with E-state index in [0.29, 0.717) is 33.1 Å². The Balaban J connectivity index is 1.75. The molecule has 0 aliphatic heterocycles. The summed E-state index contributed by atoms with van der Waals surface area (Å²) in [7, 11) is 1.61. The molecule has 0 atom stereocenters. The van der Waals surface area contributed by atoms with Crippen molar-refractivity contribution in [3.63, 3.8) is 0 Å². The Labute approximate surface area is 189 Å². The van der Waals surface area contributed by atoms with E-state index in [0.717, 1.165) is 0 Å². The minimum atomic E-state index is -0.404. The van der Waals surface area contributed by atoms with E-state index in [1.807, 2.05) is 6.07 Å². The number of halogens is 2. The van der Waals surface area contributed by atoms with Gasteiger partial charge in [0.25, 0.3) is 5.91 Å². The summed E-state index contributed by atoms with van der Waals surface area (Å²) in [6.45, 7) is 0.178. The van der Waals surface area contributed by atoms with Gasteiger partial charge in [0.05, 0.1) is 22.3 Å². The SMILES string of the molecule is CN(Cc1cccc(Cl)c1NC(=O)c1ccnc(Cl)c1)C(=O)Nc1cccc(C#N)c1. The molecule has 0 spiro atoms. The summed E-state index contributed by atoms with van der Waals surface area (Å²) < 4.78 is 0. The van der Waals surface area contributed by atoms with Gasteiger partial charge in [0, 0.05) is 31.0 Å². The average molecular weight is 454 g/mol. The number of nitriles is 1. The molecule has 1 aromatic heterocycles. The zero-order chi connectivity index (χ0) is 22.4. The number of para-hydroxylation sites is 1. The van der Waals surface area contributed by atoms with Crippen molar-refractivity contribution in [1.82, 2.24) is 9.88 Å². The van der Waals surface area contributed by atoms with Crippen molar-refractivity contribution in [2.75, 3.05) is 17.7 Å². The molecule has 0 unspecified atom stereocenters. The van der Waals surface area contributed by atoms with Gasteiger partial charge < -0.3 is 15.5 Å². The zero-order valence-electron chi connectivity index (χ0n) is 16.4. The molecule has 9 heteroatoms. The van der Waals surface area contributed by atoms with Crippen LogP contribution in [0.5, 0.6) is 0 Å². The highest BCUT2D eigenvalue weighted by Crippen LogP contribution is 2.28. The number of hydrogen-bond donors (Lipinski definition) is 2.